The van der Waals surface area contributed by atoms with E-state index in [4.69, 9.17) is 25.8 Å². The van der Waals surface area contributed by atoms with Gasteiger partial charge in [0.2, 0.25) is 0 Å². The number of amides is 2. The molecule has 2 aliphatic heterocycles. The molecule has 3 rings (SSSR count). The van der Waals surface area contributed by atoms with Crippen LogP contribution < -0.4 is 10.1 Å². The zero-order valence-electron chi connectivity index (χ0n) is 18.9. The van der Waals surface area contributed by atoms with Crippen LogP contribution in [-0.4, -0.2) is 58.6 Å². The van der Waals surface area contributed by atoms with E-state index in [9.17, 15) is 14.4 Å². The van der Waals surface area contributed by atoms with Crippen molar-refractivity contribution in [2.45, 2.75) is 44.4 Å². The van der Waals surface area contributed by atoms with Crippen LogP contribution in [0, 0.1) is 0 Å². The number of methoxy groups -OCH3 is 1. The van der Waals surface area contributed by atoms with Crippen molar-refractivity contribution in [3.63, 3.8) is 0 Å². The Bertz CT molecular complexity index is 970. The number of carbonyl (C=O) groups excluding carboxylic acids is 3. The zero-order valence-corrected chi connectivity index (χ0v) is 20.5. The number of β-lactam (4-membered cyclic amide) rings is 1. The number of benzene rings is 1. The summed E-state index contributed by atoms with van der Waals surface area (Å²) in [6.45, 7) is 5.27. The summed E-state index contributed by atoms with van der Waals surface area (Å²) in [5.74, 6) is 0.410. The maximum Gasteiger partial charge on any atom is 0.408 e. The first-order valence-electron chi connectivity index (χ1n) is 10.3. The largest absolute Gasteiger partial charge is 0.497 e. The smallest absolute Gasteiger partial charge is 0.408 e. The van der Waals surface area contributed by atoms with Crippen LogP contribution in [0.25, 0.3) is 0 Å². The maximum atomic E-state index is 13.0. The third-order valence-electron chi connectivity index (χ3n) is 4.80. The summed E-state index contributed by atoms with van der Waals surface area (Å²) < 4.78 is 15.9. The molecule has 0 saturated carbocycles. The van der Waals surface area contributed by atoms with Crippen molar-refractivity contribution in [3.8, 4) is 5.75 Å². The van der Waals surface area contributed by atoms with Gasteiger partial charge in [0, 0.05) is 11.6 Å². The van der Waals surface area contributed by atoms with Crippen molar-refractivity contribution in [3.05, 3.63) is 53.3 Å². The lowest BCUT2D eigenvalue weighted by molar-refractivity contribution is -0.152. The van der Waals surface area contributed by atoms with Gasteiger partial charge in [-0.1, -0.05) is 24.3 Å². The fraction of sp³-hybridized carbons (Fsp3) is 0.435. The van der Waals surface area contributed by atoms with Crippen LogP contribution in [0.1, 0.15) is 26.3 Å². The van der Waals surface area contributed by atoms with Crippen LogP contribution in [0.15, 0.2) is 47.7 Å². The van der Waals surface area contributed by atoms with Crippen molar-refractivity contribution < 1.29 is 28.6 Å². The van der Waals surface area contributed by atoms with Gasteiger partial charge in [0.15, 0.2) is 0 Å². The van der Waals surface area contributed by atoms with Crippen molar-refractivity contribution in [2.75, 3.05) is 18.7 Å². The molecule has 0 aliphatic carbocycles. The highest BCUT2D eigenvalue weighted by atomic mass is 35.5. The van der Waals surface area contributed by atoms with Gasteiger partial charge in [0.05, 0.1) is 7.11 Å². The van der Waals surface area contributed by atoms with Crippen molar-refractivity contribution in [1.82, 2.24) is 10.2 Å². The highest BCUT2D eigenvalue weighted by Crippen LogP contribution is 2.41. The molecule has 2 heterocycles. The van der Waals surface area contributed by atoms with Crippen LogP contribution in [0.5, 0.6) is 5.75 Å². The number of alkyl halides is 1. The first-order valence-corrected chi connectivity index (χ1v) is 11.9. The number of halogens is 1. The lowest BCUT2D eigenvalue weighted by Gasteiger charge is -2.49. The minimum Gasteiger partial charge on any atom is -0.497 e. The Kier molecular flexibility index (Phi) is 7.97. The molecule has 1 aromatic rings. The number of hydrogen-bond acceptors (Lipinski definition) is 7. The molecule has 178 valence electrons. The molecule has 1 saturated heterocycles. The van der Waals surface area contributed by atoms with E-state index < -0.39 is 35.0 Å². The molecule has 2 amide bonds. The molecule has 2 aliphatic rings. The van der Waals surface area contributed by atoms with E-state index >= 15 is 0 Å². The third kappa shape index (κ3) is 6.03. The van der Waals surface area contributed by atoms with Gasteiger partial charge in [0.1, 0.15) is 35.1 Å². The summed E-state index contributed by atoms with van der Waals surface area (Å²) >= 11 is 7.21. The quantitative estimate of drug-likeness (QED) is 0.351. The summed E-state index contributed by atoms with van der Waals surface area (Å²) in [7, 11) is 1.57. The highest BCUT2D eigenvalue weighted by Gasteiger charge is 2.54. The first-order chi connectivity index (χ1) is 15.6. The second-order valence-corrected chi connectivity index (χ2v) is 9.80. The first kappa shape index (κ1) is 25.0. The molecule has 10 heteroatoms. The number of ether oxygens (including phenoxy) is 3. The van der Waals surface area contributed by atoms with Gasteiger partial charge in [-0.05, 0) is 44.0 Å². The fourth-order valence-electron chi connectivity index (χ4n) is 3.32. The summed E-state index contributed by atoms with van der Waals surface area (Å²) in [4.78, 5) is 39.5. The molecule has 0 radical (unpaired) electrons. The van der Waals surface area contributed by atoms with E-state index in [1.165, 1.54) is 16.7 Å². The van der Waals surface area contributed by atoms with Crippen LogP contribution >= 0.6 is 23.4 Å². The number of nitrogens with one attached hydrogen (secondary N) is 1. The molecule has 1 fully saturated rings. The minimum atomic E-state index is -0.784. The van der Waals surface area contributed by atoms with Crippen LogP contribution in [-0.2, 0) is 25.7 Å². The molecule has 2 atom stereocenters. The van der Waals surface area contributed by atoms with E-state index in [1.807, 2.05) is 0 Å². The average molecular weight is 495 g/mol. The number of nitrogens with zero attached hydrogens (tertiary/aromatic N) is 1. The predicted octanol–water partition coefficient (Wildman–Crippen LogP) is 3.60. The zero-order chi connectivity index (χ0) is 24.2. The molecule has 1 aromatic carbocycles. The Morgan fingerprint density at radius 2 is 1.97 bits per heavy atom. The van der Waals surface area contributed by atoms with Gasteiger partial charge in [0.25, 0.3) is 5.91 Å². The van der Waals surface area contributed by atoms with Gasteiger partial charge in [-0.2, -0.15) is 0 Å². The number of allylic oxidation sites excluding steroid dienone is 2. The topological polar surface area (TPSA) is 94.2 Å². The summed E-state index contributed by atoms with van der Waals surface area (Å²) in [5.41, 5.74) is 0.900. The van der Waals surface area contributed by atoms with Gasteiger partial charge in [-0.3, -0.25) is 9.69 Å². The van der Waals surface area contributed by atoms with Crippen molar-refractivity contribution >= 4 is 41.3 Å². The van der Waals surface area contributed by atoms with E-state index in [1.54, 1.807) is 64.3 Å². The van der Waals surface area contributed by atoms with Crippen LogP contribution in [0.2, 0.25) is 0 Å². The van der Waals surface area contributed by atoms with Crippen LogP contribution in [0.4, 0.5) is 4.79 Å². The summed E-state index contributed by atoms with van der Waals surface area (Å²) in [5, 5.41) is 2.18. The average Bonchev–Trinajstić information content (AvgIpc) is 2.78. The molecule has 0 spiro atoms. The van der Waals surface area contributed by atoms with E-state index in [-0.39, 0.29) is 18.2 Å². The molecular formula is C23H27ClN2O6S. The van der Waals surface area contributed by atoms with Gasteiger partial charge in [-0.25, -0.2) is 9.59 Å². The predicted molar refractivity (Wildman–Crippen MR) is 126 cm³/mol. The number of alkyl carbamates (subject to hydrolysis) is 1. The van der Waals surface area contributed by atoms with Crippen molar-refractivity contribution in [2.24, 2.45) is 0 Å². The van der Waals surface area contributed by atoms with Gasteiger partial charge in [-0.15, -0.1) is 23.4 Å². The summed E-state index contributed by atoms with van der Waals surface area (Å²) in [6.07, 6.45) is 2.75. The maximum absolute atomic E-state index is 13.0. The molecule has 33 heavy (non-hydrogen) atoms. The van der Waals surface area contributed by atoms with E-state index in [0.29, 0.717) is 17.1 Å². The molecule has 8 nitrogen and oxygen atoms in total. The Morgan fingerprint density at radius 3 is 2.58 bits per heavy atom. The second-order valence-electron chi connectivity index (χ2n) is 8.39. The third-order valence-corrected chi connectivity index (χ3v) is 6.28. The number of carbonyl (C=O) groups is 3. The van der Waals surface area contributed by atoms with Gasteiger partial charge < -0.3 is 19.5 Å². The number of rotatable bonds is 7. The van der Waals surface area contributed by atoms with Crippen LogP contribution in [0.3, 0.4) is 0 Å². The molecule has 0 aromatic heterocycles. The monoisotopic (exact) mass is 494 g/mol. The standard InChI is InChI=1S/C23H27ClN2O6S/c1-23(2,3)32-22(29)25-17-19(27)26-18(15(6-5-11-24)13-33-20(17)26)21(28)31-12-14-7-9-16(30-4)10-8-14/h5-10,17,20H,11-13H2,1-4H3,(H,25,29)/t17-,20+/m1/s1. The number of esters is 1. The molecular weight excluding hydrogens is 468 g/mol. The molecule has 0 unspecified atom stereocenters. The Morgan fingerprint density at radius 1 is 1.27 bits per heavy atom. The molecule has 1 N–H and O–H groups in total. The Hall–Kier alpha value is -2.65. The fourth-order valence-corrected chi connectivity index (χ4v) is 4.73. The van der Waals surface area contributed by atoms with E-state index in [0.717, 1.165) is 5.56 Å². The highest BCUT2D eigenvalue weighted by molar-refractivity contribution is 8.00. The lowest BCUT2D eigenvalue weighted by atomic mass is 10.0. The van der Waals surface area contributed by atoms with Crippen molar-refractivity contribution in [1.29, 1.82) is 0 Å². The number of thioether (sulfide) groups is 1. The number of fused-ring (bicyclic) bond motifs is 1. The normalized spacial score (nSPS) is 20.3. The second kappa shape index (κ2) is 10.5. The summed E-state index contributed by atoms with van der Waals surface area (Å²) in [6, 6.07) is 6.35. The Labute approximate surface area is 202 Å². The van der Waals surface area contributed by atoms with Gasteiger partial charge >= 0.3 is 12.1 Å². The number of hydrogen-bond donors (Lipinski definition) is 1. The Balaban J connectivity index is 1.74. The van der Waals surface area contributed by atoms with E-state index in [2.05, 4.69) is 5.32 Å². The SMILES string of the molecule is COc1ccc(COC(=O)C2=C(C=CCCl)CS[C@H]3[C@H](NC(=O)OC(C)(C)C)C(=O)N23)cc1. The molecule has 0 bridgehead atoms. The lowest BCUT2D eigenvalue weighted by Crippen LogP contribution is -2.70. The minimum absolute atomic E-state index is 0.0399.